The molecule has 0 saturated carbocycles. The number of hydrogen-bond acceptors (Lipinski definition) is 0. The SMILES string of the molecule is Brc1c(-c2ccccc2)c(-c2ccccc2)n(-c2ccccc2)c1-c1ccccc1. The van der Waals surface area contributed by atoms with Gasteiger partial charge in [0, 0.05) is 11.3 Å². The van der Waals surface area contributed by atoms with Gasteiger partial charge in [0.25, 0.3) is 0 Å². The molecular weight excluding hydrogens is 430 g/mol. The number of hydrogen-bond donors (Lipinski definition) is 0. The van der Waals surface area contributed by atoms with Crippen LogP contribution < -0.4 is 0 Å². The molecule has 0 bridgehead atoms. The predicted octanol–water partition coefficient (Wildman–Crippen LogP) is 8.24. The number of para-hydroxylation sites is 1. The quantitative estimate of drug-likeness (QED) is 0.260. The minimum absolute atomic E-state index is 1.10. The van der Waals surface area contributed by atoms with Crippen molar-refractivity contribution in [3.63, 3.8) is 0 Å². The summed E-state index contributed by atoms with van der Waals surface area (Å²) in [6.07, 6.45) is 0. The molecule has 4 aromatic carbocycles. The van der Waals surface area contributed by atoms with E-state index in [-0.39, 0.29) is 0 Å². The number of halogens is 1. The molecule has 0 aliphatic heterocycles. The monoisotopic (exact) mass is 449 g/mol. The molecule has 0 radical (unpaired) electrons. The zero-order chi connectivity index (χ0) is 20.3. The highest BCUT2D eigenvalue weighted by Crippen LogP contribution is 2.47. The van der Waals surface area contributed by atoms with E-state index in [9.17, 15) is 0 Å². The molecular formula is C28H20BrN. The van der Waals surface area contributed by atoms with Crippen LogP contribution in [-0.2, 0) is 0 Å². The number of aromatic nitrogens is 1. The van der Waals surface area contributed by atoms with Crippen molar-refractivity contribution in [2.24, 2.45) is 0 Å². The van der Waals surface area contributed by atoms with Gasteiger partial charge in [-0.15, -0.1) is 0 Å². The van der Waals surface area contributed by atoms with Crippen molar-refractivity contribution in [3.05, 3.63) is 126 Å². The average molecular weight is 450 g/mol. The Morgan fingerprint density at radius 1 is 0.433 bits per heavy atom. The van der Waals surface area contributed by atoms with E-state index in [0.717, 1.165) is 15.9 Å². The van der Waals surface area contributed by atoms with Crippen LogP contribution in [0.1, 0.15) is 0 Å². The second-order valence-electron chi connectivity index (χ2n) is 7.16. The summed E-state index contributed by atoms with van der Waals surface area (Å²) in [5.74, 6) is 0. The Bertz CT molecular complexity index is 1160. The lowest BCUT2D eigenvalue weighted by Gasteiger charge is -2.15. The molecule has 0 fully saturated rings. The Balaban J connectivity index is 1.95. The molecule has 0 saturated heterocycles. The summed E-state index contributed by atoms with van der Waals surface area (Å²) in [5, 5.41) is 0. The van der Waals surface area contributed by atoms with Crippen molar-refractivity contribution >= 4 is 15.9 Å². The summed E-state index contributed by atoms with van der Waals surface area (Å²) in [6.45, 7) is 0. The van der Waals surface area contributed by atoms with E-state index in [1.807, 2.05) is 0 Å². The van der Waals surface area contributed by atoms with E-state index in [2.05, 4.69) is 142 Å². The van der Waals surface area contributed by atoms with Gasteiger partial charge in [-0.1, -0.05) is 109 Å². The summed E-state index contributed by atoms with van der Waals surface area (Å²) >= 11 is 4.00. The van der Waals surface area contributed by atoms with Crippen LogP contribution in [0.5, 0.6) is 0 Å². The van der Waals surface area contributed by atoms with Gasteiger partial charge in [0.1, 0.15) is 0 Å². The molecule has 0 aliphatic rings. The van der Waals surface area contributed by atoms with E-state index in [1.54, 1.807) is 0 Å². The van der Waals surface area contributed by atoms with Gasteiger partial charge in [0.05, 0.1) is 15.9 Å². The minimum atomic E-state index is 1.10. The van der Waals surface area contributed by atoms with Gasteiger partial charge in [0.2, 0.25) is 0 Å². The van der Waals surface area contributed by atoms with Crippen molar-refractivity contribution in [2.75, 3.05) is 0 Å². The van der Waals surface area contributed by atoms with E-state index in [0.29, 0.717) is 0 Å². The van der Waals surface area contributed by atoms with E-state index >= 15 is 0 Å². The number of benzene rings is 4. The average Bonchev–Trinajstić information content (AvgIpc) is 3.14. The topological polar surface area (TPSA) is 4.93 Å². The first kappa shape index (κ1) is 18.7. The normalized spacial score (nSPS) is 10.8. The Morgan fingerprint density at radius 3 is 1.33 bits per heavy atom. The molecule has 0 amide bonds. The van der Waals surface area contributed by atoms with Crippen LogP contribution in [0, 0.1) is 0 Å². The van der Waals surface area contributed by atoms with Gasteiger partial charge in [0.15, 0.2) is 0 Å². The van der Waals surface area contributed by atoms with Gasteiger partial charge >= 0.3 is 0 Å². The van der Waals surface area contributed by atoms with Crippen molar-refractivity contribution in [3.8, 4) is 39.3 Å². The second kappa shape index (κ2) is 8.17. The largest absolute Gasteiger partial charge is 0.307 e. The van der Waals surface area contributed by atoms with Crippen LogP contribution in [0.4, 0.5) is 0 Å². The molecule has 0 spiro atoms. The van der Waals surface area contributed by atoms with Gasteiger partial charge in [-0.2, -0.15) is 0 Å². The summed E-state index contributed by atoms with van der Waals surface area (Å²) in [4.78, 5) is 0. The van der Waals surface area contributed by atoms with E-state index < -0.39 is 0 Å². The van der Waals surface area contributed by atoms with Gasteiger partial charge in [-0.3, -0.25) is 0 Å². The fourth-order valence-electron chi connectivity index (χ4n) is 3.97. The van der Waals surface area contributed by atoms with Crippen molar-refractivity contribution in [1.82, 2.24) is 4.57 Å². The Hall–Kier alpha value is -3.36. The lowest BCUT2D eigenvalue weighted by atomic mass is 10.0. The maximum Gasteiger partial charge on any atom is 0.0683 e. The molecule has 0 unspecified atom stereocenters. The first-order valence-corrected chi connectivity index (χ1v) is 10.8. The van der Waals surface area contributed by atoms with Crippen LogP contribution in [-0.4, -0.2) is 4.57 Å². The van der Waals surface area contributed by atoms with E-state index in [4.69, 9.17) is 0 Å². The second-order valence-corrected chi connectivity index (χ2v) is 7.95. The highest BCUT2D eigenvalue weighted by Gasteiger charge is 2.25. The lowest BCUT2D eigenvalue weighted by Crippen LogP contribution is -1.99. The van der Waals surface area contributed by atoms with E-state index in [1.165, 1.54) is 27.9 Å². The van der Waals surface area contributed by atoms with Crippen LogP contribution in [0.2, 0.25) is 0 Å². The van der Waals surface area contributed by atoms with Crippen LogP contribution in [0.25, 0.3) is 39.3 Å². The Labute approximate surface area is 185 Å². The van der Waals surface area contributed by atoms with Crippen LogP contribution in [0.3, 0.4) is 0 Å². The molecule has 1 nitrogen and oxygen atoms in total. The molecule has 1 heterocycles. The fraction of sp³-hybridized carbons (Fsp3) is 0. The third kappa shape index (κ3) is 3.30. The highest BCUT2D eigenvalue weighted by atomic mass is 79.9. The van der Waals surface area contributed by atoms with Crippen molar-refractivity contribution < 1.29 is 0 Å². The zero-order valence-corrected chi connectivity index (χ0v) is 18.0. The standard InChI is InChI=1S/C28H20BrN/c29-26-25(21-13-5-1-6-14-21)27(22-15-7-2-8-16-22)30(24-19-11-4-12-20-24)28(26)23-17-9-3-10-18-23/h1-20H. The van der Waals surface area contributed by atoms with Gasteiger partial charge in [-0.25, -0.2) is 0 Å². The third-order valence-electron chi connectivity index (χ3n) is 5.28. The summed E-state index contributed by atoms with van der Waals surface area (Å²) < 4.78 is 3.47. The third-order valence-corrected chi connectivity index (χ3v) is 6.05. The first-order chi connectivity index (χ1) is 14.8. The number of rotatable bonds is 4. The zero-order valence-electron chi connectivity index (χ0n) is 16.4. The molecule has 1 aromatic heterocycles. The molecule has 30 heavy (non-hydrogen) atoms. The summed E-state index contributed by atoms with van der Waals surface area (Å²) in [7, 11) is 0. The molecule has 0 aliphatic carbocycles. The van der Waals surface area contributed by atoms with Gasteiger partial charge in [-0.05, 0) is 44.8 Å². The fourth-order valence-corrected chi connectivity index (χ4v) is 4.79. The molecule has 5 aromatic rings. The van der Waals surface area contributed by atoms with Crippen molar-refractivity contribution in [2.45, 2.75) is 0 Å². The van der Waals surface area contributed by atoms with Crippen LogP contribution in [0.15, 0.2) is 126 Å². The molecule has 2 heteroatoms. The molecule has 0 N–H and O–H groups in total. The first-order valence-electron chi connectivity index (χ1n) is 10.0. The predicted molar refractivity (Wildman–Crippen MR) is 130 cm³/mol. The summed E-state index contributed by atoms with van der Waals surface area (Å²) in [5.41, 5.74) is 8.21. The maximum atomic E-state index is 4.00. The smallest absolute Gasteiger partial charge is 0.0683 e. The highest BCUT2D eigenvalue weighted by molar-refractivity contribution is 9.10. The minimum Gasteiger partial charge on any atom is -0.307 e. The Morgan fingerprint density at radius 2 is 0.833 bits per heavy atom. The Kier molecular flexibility index (Phi) is 5.08. The van der Waals surface area contributed by atoms with Crippen LogP contribution >= 0.6 is 15.9 Å². The van der Waals surface area contributed by atoms with Crippen molar-refractivity contribution in [1.29, 1.82) is 0 Å². The number of nitrogens with zero attached hydrogens (tertiary/aromatic N) is 1. The molecule has 144 valence electrons. The van der Waals surface area contributed by atoms with Gasteiger partial charge < -0.3 is 4.57 Å². The summed E-state index contributed by atoms with van der Waals surface area (Å²) in [6, 6.07) is 42.4. The molecule has 5 rings (SSSR count). The lowest BCUT2D eigenvalue weighted by molar-refractivity contribution is 1.09. The maximum absolute atomic E-state index is 4.00. The molecule has 0 atom stereocenters.